The Balaban J connectivity index is 1.73. The molecule has 5 heteroatoms. The molecular weight excluding hydrogens is 246 g/mol. The fraction of sp³-hybridized carbons (Fsp3) is 0.500. The zero-order chi connectivity index (χ0) is 13.7. The van der Waals surface area contributed by atoms with Crippen LogP contribution < -0.4 is 19.5 Å². The van der Waals surface area contributed by atoms with E-state index in [1.165, 1.54) is 0 Å². The molecule has 19 heavy (non-hydrogen) atoms. The van der Waals surface area contributed by atoms with Gasteiger partial charge in [0.1, 0.15) is 12.4 Å². The molecule has 1 aliphatic rings. The molecule has 0 bridgehead atoms. The minimum Gasteiger partial charge on any atom is -0.492 e. The number of benzene rings is 1. The molecule has 1 aromatic rings. The normalized spacial score (nSPS) is 14.0. The molecule has 0 spiro atoms. The summed E-state index contributed by atoms with van der Waals surface area (Å²) in [6, 6.07) is 5.43. The topological polar surface area (TPSA) is 56.8 Å². The molecule has 0 saturated heterocycles. The molecule has 2 rings (SSSR count). The van der Waals surface area contributed by atoms with Crippen LogP contribution in [-0.4, -0.2) is 25.9 Å². The zero-order valence-corrected chi connectivity index (χ0v) is 11.3. The number of nitrogens with one attached hydrogen (secondary N) is 1. The van der Waals surface area contributed by atoms with Crippen LogP contribution in [0.1, 0.15) is 20.3 Å². The maximum absolute atomic E-state index is 11.5. The second-order valence-corrected chi connectivity index (χ2v) is 4.46. The third kappa shape index (κ3) is 3.53. The van der Waals surface area contributed by atoms with Gasteiger partial charge in [0.2, 0.25) is 12.7 Å². The van der Waals surface area contributed by atoms with Crippen molar-refractivity contribution in [1.29, 1.82) is 0 Å². The molecule has 104 valence electrons. The van der Waals surface area contributed by atoms with Crippen molar-refractivity contribution in [3.63, 3.8) is 0 Å². The van der Waals surface area contributed by atoms with Crippen molar-refractivity contribution < 1.29 is 19.0 Å². The first-order chi connectivity index (χ1) is 9.20. The highest BCUT2D eigenvalue weighted by Crippen LogP contribution is 2.34. The first-order valence-corrected chi connectivity index (χ1v) is 6.51. The van der Waals surface area contributed by atoms with E-state index in [2.05, 4.69) is 5.32 Å². The van der Waals surface area contributed by atoms with Crippen molar-refractivity contribution in [1.82, 2.24) is 5.32 Å². The van der Waals surface area contributed by atoms with Gasteiger partial charge in [-0.3, -0.25) is 4.79 Å². The maximum Gasteiger partial charge on any atom is 0.231 e. The summed E-state index contributed by atoms with van der Waals surface area (Å²) in [5.41, 5.74) is 0. The lowest BCUT2D eigenvalue weighted by Crippen LogP contribution is -2.32. The number of hydrogen-bond acceptors (Lipinski definition) is 4. The molecule has 0 saturated carbocycles. The largest absolute Gasteiger partial charge is 0.492 e. The van der Waals surface area contributed by atoms with E-state index in [0.717, 1.165) is 12.2 Å². The molecule has 1 amide bonds. The van der Waals surface area contributed by atoms with Gasteiger partial charge in [-0.05, 0) is 18.6 Å². The number of fused-ring (bicyclic) bond motifs is 1. The van der Waals surface area contributed by atoms with Crippen LogP contribution >= 0.6 is 0 Å². The Morgan fingerprint density at radius 3 is 3.00 bits per heavy atom. The van der Waals surface area contributed by atoms with Gasteiger partial charge in [-0.15, -0.1) is 0 Å². The Morgan fingerprint density at radius 1 is 1.42 bits per heavy atom. The van der Waals surface area contributed by atoms with Crippen molar-refractivity contribution in [2.75, 3.05) is 19.9 Å². The predicted octanol–water partition coefficient (Wildman–Crippen LogP) is 1.96. The SMILES string of the molecule is CC[C@H](C)C(=O)NCCOc1ccc2c(c1)OCO2. The summed E-state index contributed by atoms with van der Waals surface area (Å²) in [6.45, 7) is 5.09. The van der Waals surface area contributed by atoms with Gasteiger partial charge in [0.25, 0.3) is 0 Å². The molecule has 1 heterocycles. The Morgan fingerprint density at radius 2 is 2.21 bits per heavy atom. The van der Waals surface area contributed by atoms with Gasteiger partial charge in [0.05, 0.1) is 6.54 Å². The summed E-state index contributed by atoms with van der Waals surface area (Å²) in [7, 11) is 0. The van der Waals surface area contributed by atoms with Crippen LogP contribution in [0, 0.1) is 5.92 Å². The Hall–Kier alpha value is -1.91. The van der Waals surface area contributed by atoms with E-state index in [9.17, 15) is 4.79 Å². The maximum atomic E-state index is 11.5. The van der Waals surface area contributed by atoms with E-state index in [-0.39, 0.29) is 18.6 Å². The fourth-order valence-electron chi connectivity index (χ4n) is 1.67. The number of carbonyl (C=O) groups excluding carboxylic acids is 1. The average molecular weight is 265 g/mol. The fourth-order valence-corrected chi connectivity index (χ4v) is 1.67. The van der Waals surface area contributed by atoms with Crippen LogP contribution in [0.25, 0.3) is 0 Å². The molecular formula is C14H19NO4. The van der Waals surface area contributed by atoms with Gasteiger partial charge >= 0.3 is 0 Å². The van der Waals surface area contributed by atoms with Crippen molar-refractivity contribution in [2.24, 2.45) is 5.92 Å². The first kappa shape index (κ1) is 13.5. The molecule has 0 radical (unpaired) electrons. The number of ether oxygens (including phenoxy) is 3. The zero-order valence-electron chi connectivity index (χ0n) is 11.3. The molecule has 1 atom stereocenters. The number of carbonyl (C=O) groups is 1. The molecule has 1 aliphatic heterocycles. The average Bonchev–Trinajstić information content (AvgIpc) is 2.89. The van der Waals surface area contributed by atoms with Gasteiger partial charge in [-0.1, -0.05) is 13.8 Å². The van der Waals surface area contributed by atoms with Gasteiger partial charge in [-0.2, -0.15) is 0 Å². The van der Waals surface area contributed by atoms with E-state index in [1.807, 2.05) is 26.0 Å². The lowest BCUT2D eigenvalue weighted by Gasteiger charge is -2.11. The number of amides is 1. The summed E-state index contributed by atoms with van der Waals surface area (Å²) >= 11 is 0. The third-order valence-corrected chi connectivity index (χ3v) is 3.07. The summed E-state index contributed by atoms with van der Waals surface area (Å²) in [5, 5.41) is 2.84. The Bertz CT molecular complexity index is 447. The quantitative estimate of drug-likeness (QED) is 0.799. The Kier molecular flexibility index (Phi) is 4.49. The van der Waals surface area contributed by atoms with Crippen LogP contribution in [0.15, 0.2) is 18.2 Å². The van der Waals surface area contributed by atoms with Crippen LogP contribution in [-0.2, 0) is 4.79 Å². The second kappa shape index (κ2) is 6.31. The minimum absolute atomic E-state index is 0.0468. The summed E-state index contributed by atoms with van der Waals surface area (Å²) in [5.74, 6) is 2.25. The molecule has 1 N–H and O–H groups in total. The number of rotatable bonds is 6. The van der Waals surface area contributed by atoms with Crippen LogP contribution in [0.4, 0.5) is 0 Å². The highest BCUT2D eigenvalue weighted by Gasteiger charge is 2.13. The van der Waals surface area contributed by atoms with Crippen LogP contribution in [0.5, 0.6) is 17.2 Å². The lowest BCUT2D eigenvalue weighted by molar-refractivity contribution is -0.124. The predicted molar refractivity (Wildman–Crippen MR) is 70.5 cm³/mol. The first-order valence-electron chi connectivity index (χ1n) is 6.51. The number of hydrogen-bond donors (Lipinski definition) is 1. The second-order valence-electron chi connectivity index (χ2n) is 4.46. The molecule has 5 nitrogen and oxygen atoms in total. The minimum atomic E-state index is 0.0468. The molecule has 0 aliphatic carbocycles. The Labute approximate surface area is 112 Å². The van der Waals surface area contributed by atoms with E-state index >= 15 is 0 Å². The molecule has 0 fully saturated rings. The van der Waals surface area contributed by atoms with Crippen molar-refractivity contribution in [3.8, 4) is 17.2 Å². The molecule has 0 aromatic heterocycles. The standard InChI is InChI=1S/C14H19NO4/c1-3-10(2)14(16)15-6-7-17-11-4-5-12-13(8-11)19-9-18-12/h4-5,8,10H,3,6-7,9H2,1-2H3,(H,15,16)/t10-/m0/s1. The van der Waals surface area contributed by atoms with Crippen LogP contribution in [0.3, 0.4) is 0 Å². The summed E-state index contributed by atoms with van der Waals surface area (Å²) < 4.78 is 16.0. The van der Waals surface area contributed by atoms with Gasteiger partial charge in [0.15, 0.2) is 11.5 Å². The van der Waals surface area contributed by atoms with E-state index < -0.39 is 0 Å². The summed E-state index contributed by atoms with van der Waals surface area (Å²) in [6.07, 6.45) is 0.842. The smallest absolute Gasteiger partial charge is 0.231 e. The van der Waals surface area contributed by atoms with Gasteiger partial charge in [-0.25, -0.2) is 0 Å². The van der Waals surface area contributed by atoms with Crippen molar-refractivity contribution in [3.05, 3.63) is 18.2 Å². The van der Waals surface area contributed by atoms with Gasteiger partial charge in [0, 0.05) is 12.0 Å². The third-order valence-electron chi connectivity index (χ3n) is 3.07. The van der Waals surface area contributed by atoms with E-state index in [1.54, 1.807) is 6.07 Å². The summed E-state index contributed by atoms with van der Waals surface area (Å²) in [4.78, 5) is 11.5. The van der Waals surface area contributed by atoms with E-state index in [4.69, 9.17) is 14.2 Å². The van der Waals surface area contributed by atoms with Crippen LogP contribution in [0.2, 0.25) is 0 Å². The van der Waals surface area contributed by atoms with E-state index in [0.29, 0.717) is 24.7 Å². The highest BCUT2D eigenvalue weighted by atomic mass is 16.7. The van der Waals surface area contributed by atoms with Crippen molar-refractivity contribution in [2.45, 2.75) is 20.3 Å². The molecule has 1 aromatic carbocycles. The lowest BCUT2D eigenvalue weighted by atomic mass is 10.1. The van der Waals surface area contributed by atoms with Gasteiger partial charge < -0.3 is 19.5 Å². The van der Waals surface area contributed by atoms with Crippen molar-refractivity contribution >= 4 is 5.91 Å². The monoisotopic (exact) mass is 265 g/mol. The highest BCUT2D eigenvalue weighted by molar-refractivity contribution is 5.78. The molecule has 0 unspecified atom stereocenters.